The van der Waals surface area contributed by atoms with Gasteiger partial charge in [-0.25, -0.2) is 0 Å². The Morgan fingerprint density at radius 1 is 1.50 bits per heavy atom. The SMILES string of the molecule is COc1cc2c(cc1C(O)S(=O)(=O)O)OC(C)C2. The number of hydrogen-bond donors (Lipinski definition) is 2. The molecule has 1 heterocycles. The number of benzene rings is 1. The third-order valence-corrected chi connectivity index (χ3v) is 3.61. The summed E-state index contributed by atoms with van der Waals surface area (Å²) in [5, 5.41) is 9.59. The average molecular weight is 274 g/mol. The van der Waals surface area contributed by atoms with Crippen LogP contribution in [0.3, 0.4) is 0 Å². The predicted octanol–water partition coefficient (Wildman–Crippen LogP) is 0.897. The minimum absolute atomic E-state index is 0.0113. The molecular formula is C11H14O6S. The number of methoxy groups -OCH3 is 1. The molecule has 1 aliphatic heterocycles. The maximum atomic E-state index is 11.0. The molecule has 0 bridgehead atoms. The van der Waals surface area contributed by atoms with Crippen LogP contribution < -0.4 is 9.47 Å². The van der Waals surface area contributed by atoms with Crippen molar-refractivity contribution in [2.45, 2.75) is 24.9 Å². The topological polar surface area (TPSA) is 93.1 Å². The minimum Gasteiger partial charge on any atom is -0.496 e. The molecule has 100 valence electrons. The van der Waals surface area contributed by atoms with Gasteiger partial charge in [-0.2, -0.15) is 8.42 Å². The van der Waals surface area contributed by atoms with Crippen LogP contribution in [0.25, 0.3) is 0 Å². The molecule has 0 fully saturated rings. The Balaban J connectivity index is 2.52. The van der Waals surface area contributed by atoms with Crippen LogP contribution in [0.15, 0.2) is 12.1 Å². The van der Waals surface area contributed by atoms with Crippen LogP contribution in [0.4, 0.5) is 0 Å². The summed E-state index contributed by atoms with van der Waals surface area (Å²) in [5.41, 5.74) is -1.20. The van der Waals surface area contributed by atoms with E-state index in [0.717, 1.165) is 5.56 Å². The first-order valence-electron chi connectivity index (χ1n) is 5.34. The van der Waals surface area contributed by atoms with Gasteiger partial charge in [-0.05, 0) is 19.1 Å². The highest BCUT2D eigenvalue weighted by molar-refractivity contribution is 7.85. The molecule has 2 rings (SSSR count). The van der Waals surface area contributed by atoms with E-state index < -0.39 is 15.6 Å². The lowest BCUT2D eigenvalue weighted by atomic mass is 10.1. The molecule has 2 atom stereocenters. The second kappa shape index (κ2) is 4.42. The molecule has 0 saturated carbocycles. The molecule has 0 radical (unpaired) electrons. The van der Waals surface area contributed by atoms with E-state index >= 15 is 0 Å². The summed E-state index contributed by atoms with van der Waals surface area (Å²) >= 11 is 0. The standard InChI is InChI=1S/C11H14O6S/c1-6-3-7-4-10(16-2)8(5-9(7)17-6)11(12)18(13,14)15/h4-6,11-12H,3H2,1-2H3,(H,13,14,15). The highest BCUT2D eigenvalue weighted by Gasteiger charge is 2.29. The van der Waals surface area contributed by atoms with Gasteiger partial charge in [-0.1, -0.05) is 0 Å². The molecule has 6 nitrogen and oxygen atoms in total. The largest absolute Gasteiger partial charge is 0.496 e. The molecule has 0 aromatic heterocycles. The molecule has 2 unspecified atom stereocenters. The zero-order chi connectivity index (χ0) is 13.5. The Bertz CT molecular complexity index is 565. The van der Waals surface area contributed by atoms with Crippen LogP contribution in [-0.4, -0.2) is 31.3 Å². The van der Waals surface area contributed by atoms with Crippen LogP contribution in [-0.2, 0) is 16.5 Å². The molecule has 1 aliphatic rings. The number of aliphatic hydroxyl groups is 1. The maximum Gasteiger partial charge on any atom is 0.296 e. The van der Waals surface area contributed by atoms with Crippen molar-refractivity contribution in [3.05, 3.63) is 23.3 Å². The lowest BCUT2D eigenvalue weighted by molar-refractivity contribution is 0.230. The molecule has 1 aromatic carbocycles. The average Bonchev–Trinajstić information content (AvgIpc) is 2.64. The summed E-state index contributed by atoms with van der Waals surface area (Å²) in [7, 11) is -3.24. The van der Waals surface area contributed by atoms with Crippen molar-refractivity contribution in [1.29, 1.82) is 0 Å². The quantitative estimate of drug-likeness (QED) is 0.795. The third-order valence-electron chi connectivity index (χ3n) is 2.80. The van der Waals surface area contributed by atoms with Crippen molar-refractivity contribution < 1.29 is 27.6 Å². The summed E-state index contributed by atoms with van der Waals surface area (Å²) in [6, 6.07) is 3.00. The molecule has 0 aliphatic carbocycles. The smallest absolute Gasteiger partial charge is 0.296 e. The summed E-state index contributed by atoms with van der Waals surface area (Å²) in [4.78, 5) is 0. The number of rotatable bonds is 3. The predicted molar refractivity (Wildman–Crippen MR) is 63.3 cm³/mol. The van der Waals surface area contributed by atoms with Crippen molar-refractivity contribution in [2.24, 2.45) is 0 Å². The van der Waals surface area contributed by atoms with Gasteiger partial charge in [0.1, 0.15) is 17.6 Å². The van der Waals surface area contributed by atoms with E-state index in [-0.39, 0.29) is 17.4 Å². The minimum atomic E-state index is -4.60. The summed E-state index contributed by atoms with van der Waals surface area (Å²) in [6.07, 6.45) is 0.677. The Hall–Kier alpha value is -1.31. The van der Waals surface area contributed by atoms with Crippen LogP contribution in [0, 0.1) is 0 Å². The zero-order valence-corrected chi connectivity index (χ0v) is 10.8. The van der Waals surface area contributed by atoms with Crippen molar-refractivity contribution in [3.63, 3.8) is 0 Å². The second-order valence-electron chi connectivity index (χ2n) is 4.20. The number of fused-ring (bicyclic) bond motifs is 1. The Morgan fingerprint density at radius 3 is 2.72 bits per heavy atom. The first kappa shape index (κ1) is 13.1. The Labute approximate surface area is 105 Å². The molecule has 0 spiro atoms. The maximum absolute atomic E-state index is 11.0. The summed E-state index contributed by atoms with van der Waals surface area (Å²) in [6.45, 7) is 1.88. The Morgan fingerprint density at radius 2 is 2.17 bits per heavy atom. The fourth-order valence-electron chi connectivity index (χ4n) is 1.99. The first-order chi connectivity index (χ1) is 8.32. The molecule has 0 saturated heterocycles. The molecule has 7 heteroatoms. The van der Waals surface area contributed by atoms with Crippen molar-refractivity contribution in [1.82, 2.24) is 0 Å². The first-order valence-corrected chi connectivity index (χ1v) is 6.85. The van der Waals surface area contributed by atoms with E-state index in [1.807, 2.05) is 6.92 Å². The van der Waals surface area contributed by atoms with Gasteiger partial charge >= 0.3 is 0 Å². The van der Waals surface area contributed by atoms with Crippen LogP contribution in [0.1, 0.15) is 23.5 Å². The van der Waals surface area contributed by atoms with Crippen LogP contribution in [0.2, 0.25) is 0 Å². The Kier molecular flexibility index (Phi) is 3.22. The number of hydrogen-bond acceptors (Lipinski definition) is 5. The van der Waals surface area contributed by atoms with Crippen LogP contribution >= 0.6 is 0 Å². The van der Waals surface area contributed by atoms with Gasteiger partial charge < -0.3 is 14.6 Å². The summed E-state index contributed by atoms with van der Waals surface area (Å²) in [5.74, 6) is 0.706. The van der Waals surface area contributed by atoms with Crippen molar-refractivity contribution in [2.75, 3.05) is 7.11 Å². The van der Waals surface area contributed by atoms with E-state index in [2.05, 4.69) is 0 Å². The monoisotopic (exact) mass is 274 g/mol. The fourth-order valence-corrected chi connectivity index (χ4v) is 2.49. The molecule has 0 amide bonds. The van der Waals surface area contributed by atoms with Crippen LogP contribution in [0.5, 0.6) is 11.5 Å². The van der Waals surface area contributed by atoms with Gasteiger partial charge in [0.05, 0.1) is 7.11 Å². The highest BCUT2D eigenvalue weighted by atomic mass is 32.2. The molecular weight excluding hydrogens is 260 g/mol. The summed E-state index contributed by atoms with van der Waals surface area (Å²) < 4.78 is 41.3. The molecule has 18 heavy (non-hydrogen) atoms. The van der Waals surface area contributed by atoms with Gasteiger partial charge in [0, 0.05) is 17.5 Å². The number of ether oxygens (including phenoxy) is 2. The van der Waals surface area contributed by atoms with E-state index in [9.17, 15) is 13.5 Å². The lowest BCUT2D eigenvalue weighted by Crippen LogP contribution is -2.12. The lowest BCUT2D eigenvalue weighted by Gasteiger charge is -2.14. The zero-order valence-electron chi connectivity index (χ0n) is 9.95. The van der Waals surface area contributed by atoms with E-state index in [4.69, 9.17) is 14.0 Å². The molecule has 2 N–H and O–H groups in total. The van der Waals surface area contributed by atoms with E-state index in [0.29, 0.717) is 12.2 Å². The van der Waals surface area contributed by atoms with Gasteiger partial charge in [0.15, 0.2) is 0 Å². The van der Waals surface area contributed by atoms with Crippen molar-refractivity contribution >= 4 is 10.1 Å². The highest BCUT2D eigenvalue weighted by Crippen LogP contribution is 2.38. The van der Waals surface area contributed by atoms with Gasteiger partial charge in [0.25, 0.3) is 10.1 Å². The number of aliphatic hydroxyl groups excluding tert-OH is 1. The van der Waals surface area contributed by atoms with Gasteiger partial charge in [0.2, 0.25) is 5.44 Å². The van der Waals surface area contributed by atoms with Crippen molar-refractivity contribution in [3.8, 4) is 11.5 Å². The third kappa shape index (κ3) is 2.29. The molecule has 1 aromatic rings. The normalized spacial score (nSPS) is 20.1. The second-order valence-corrected chi connectivity index (χ2v) is 5.68. The fraction of sp³-hybridized carbons (Fsp3) is 0.455. The van der Waals surface area contributed by atoms with Gasteiger partial charge in [-0.3, -0.25) is 4.55 Å². The van der Waals surface area contributed by atoms with Gasteiger partial charge in [-0.15, -0.1) is 0 Å². The van der Waals surface area contributed by atoms with E-state index in [1.165, 1.54) is 13.2 Å². The van der Waals surface area contributed by atoms with E-state index in [1.54, 1.807) is 6.07 Å².